The van der Waals surface area contributed by atoms with Crippen molar-refractivity contribution in [3.05, 3.63) is 101 Å². The molecule has 4 rings (SSSR count). The predicted molar refractivity (Wildman–Crippen MR) is 137 cm³/mol. The summed E-state index contributed by atoms with van der Waals surface area (Å²) in [4.78, 5) is 26.0. The van der Waals surface area contributed by atoms with E-state index in [9.17, 15) is 9.59 Å². The number of carbonyl (C=O) groups excluding carboxylic acids is 2. The average Bonchev–Trinajstić information content (AvgIpc) is 3.63. The summed E-state index contributed by atoms with van der Waals surface area (Å²) in [7, 11) is 0. The molecule has 0 spiro atoms. The van der Waals surface area contributed by atoms with E-state index in [4.69, 9.17) is 0 Å². The van der Waals surface area contributed by atoms with Crippen LogP contribution in [0.25, 0.3) is 0 Å². The Morgan fingerprint density at radius 1 is 0.912 bits per heavy atom. The molecule has 1 aliphatic rings. The molecule has 5 nitrogen and oxygen atoms in total. The maximum absolute atomic E-state index is 13.2. The van der Waals surface area contributed by atoms with Gasteiger partial charge in [0.15, 0.2) is 0 Å². The minimum Gasteiger partial charge on any atom is -0.343 e. The first-order chi connectivity index (χ1) is 16.4. The molecule has 2 amide bonds. The molecule has 0 saturated heterocycles. The van der Waals surface area contributed by atoms with Gasteiger partial charge in [0.25, 0.3) is 0 Å². The molecule has 0 heterocycles. The lowest BCUT2D eigenvalue weighted by atomic mass is 9.96. The van der Waals surface area contributed by atoms with E-state index in [0.29, 0.717) is 6.42 Å². The molecule has 0 aromatic heterocycles. The van der Waals surface area contributed by atoms with Gasteiger partial charge in [-0.2, -0.15) is 0 Å². The molecule has 176 valence electrons. The van der Waals surface area contributed by atoms with E-state index in [1.54, 1.807) is 0 Å². The average molecular weight is 456 g/mol. The van der Waals surface area contributed by atoms with Gasteiger partial charge in [-0.05, 0) is 55.0 Å². The van der Waals surface area contributed by atoms with E-state index in [2.05, 4.69) is 40.2 Å². The molecule has 5 heteroatoms. The third kappa shape index (κ3) is 6.12. The third-order valence-corrected chi connectivity index (χ3v) is 6.57. The van der Waals surface area contributed by atoms with Crippen LogP contribution in [0.5, 0.6) is 0 Å². The summed E-state index contributed by atoms with van der Waals surface area (Å²) in [6.45, 7) is 4.88. The van der Waals surface area contributed by atoms with Crippen molar-refractivity contribution in [3.63, 3.8) is 0 Å². The number of benzene rings is 3. The summed E-state index contributed by atoms with van der Waals surface area (Å²) >= 11 is 0. The third-order valence-electron chi connectivity index (χ3n) is 6.57. The normalized spacial score (nSPS) is 14.8. The Morgan fingerprint density at radius 3 is 2.26 bits per heavy atom. The van der Waals surface area contributed by atoms with Crippen LogP contribution in [0, 0.1) is 13.8 Å². The van der Waals surface area contributed by atoms with Crippen LogP contribution in [0.3, 0.4) is 0 Å². The van der Waals surface area contributed by atoms with Crippen LogP contribution in [0.15, 0.2) is 78.9 Å². The monoisotopic (exact) mass is 455 g/mol. The SMILES string of the molecule is Cc1ccc(C)c(NC(=O)[C@@H](Cc2ccccc2)NC(=O)CNCC2(c3ccccc3)CC2)c1. The Morgan fingerprint density at radius 2 is 1.59 bits per heavy atom. The molecular formula is C29H33N3O2. The highest BCUT2D eigenvalue weighted by molar-refractivity contribution is 5.98. The number of hydrogen-bond acceptors (Lipinski definition) is 3. The number of hydrogen-bond donors (Lipinski definition) is 3. The summed E-state index contributed by atoms with van der Waals surface area (Å²) in [6, 6.07) is 25.5. The van der Waals surface area contributed by atoms with Gasteiger partial charge < -0.3 is 16.0 Å². The van der Waals surface area contributed by atoms with E-state index in [0.717, 1.165) is 41.8 Å². The molecular weight excluding hydrogens is 422 g/mol. The van der Waals surface area contributed by atoms with Crippen molar-refractivity contribution >= 4 is 17.5 Å². The van der Waals surface area contributed by atoms with Crippen molar-refractivity contribution in [1.82, 2.24) is 10.6 Å². The lowest BCUT2D eigenvalue weighted by molar-refractivity contribution is -0.125. The number of aryl methyl sites for hydroxylation is 2. The van der Waals surface area contributed by atoms with Crippen LogP contribution in [-0.2, 0) is 21.4 Å². The molecule has 34 heavy (non-hydrogen) atoms. The fourth-order valence-corrected chi connectivity index (χ4v) is 4.32. The second-order valence-electron chi connectivity index (χ2n) is 9.37. The topological polar surface area (TPSA) is 70.2 Å². The lowest BCUT2D eigenvalue weighted by Gasteiger charge is -2.21. The van der Waals surface area contributed by atoms with Crippen LogP contribution in [0.1, 0.15) is 35.1 Å². The zero-order valence-corrected chi connectivity index (χ0v) is 19.9. The van der Waals surface area contributed by atoms with Crippen molar-refractivity contribution in [2.24, 2.45) is 0 Å². The number of rotatable bonds is 10. The molecule has 1 saturated carbocycles. The van der Waals surface area contributed by atoms with E-state index < -0.39 is 6.04 Å². The smallest absolute Gasteiger partial charge is 0.247 e. The van der Waals surface area contributed by atoms with Gasteiger partial charge in [0.05, 0.1) is 6.54 Å². The standard InChI is InChI=1S/C29H33N3O2/c1-21-13-14-22(2)25(17-21)32-28(34)26(18-23-9-5-3-6-10-23)31-27(33)19-30-20-29(15-16-29)24-11-7-4-8-12-24/h3-14,17,26,30H,15-16,18-20H2,1-2H3,(H,31,33)(H,32,34)/t26-/m1/s1. The zero-order valence-electron chi connectivity index (χ0n) is 19.9. The highest BCUT2D eigenvalue weighted by Crippen LogP contribution is 2.47. The Labute approximate surface area is 202 Å². The first-order valence-corrected chi connectivity index (χ1v) is 11.9. The molecule has 3 N–H and O–H groups in total. The molecule has 1 fully saturated rings. The lowest BCUT2D eigenvalue weighted by Crippen LogP contribution is -2.48. The van der Waals surface area contributed by atoms with E-state index in [-0.39, 0.29) is 23.8 Å². The maximum Gasteiger partial charge on any atom is 0.247 e. The molecule has 0 aliphatic heterocycles. The van der Waals surface area contributed by atoms with Crippen LogP contribution in [0.4, 0.5) is 5.69 Å². The fraction of sp³-hybridized carbons (Fsp3) is 0.310. The Balaban J connectivity index is 1.38. The summed E-state index contributed by atoms with van der Waals surface area (Å²) < 4.78 is 0. The van der Waals surface area contributed by atoms with Crippen LogP contribution in [0.2, 0.25) is 0 Å². The van der Waals surface area contributed by atoms with Crippen molar-refractivity contribution in [2.75, 3.05) is 18.4 Å². The predicted octanol–water partition coefficient (Wildman–Crippen LogP) is 4.29. The first-order valence-electron chi connectivity index (χ1n) is 11.9. The second-order valence-corrected chi connectivity index (χ2v) is 9.37. The molecule has 3 aromatic carbocycles. The number of amides is 2. The Kier molecular flexibility index (Phi) is 7.43. The van der Waals surface area contributed by atoms with Gasteiger partial charge in [0.1, 0.15) is 6.04 Å². The molecule has 1 atom stereocenters. The molecule has 0 bridgehead atoms. The zero-order chi connectivity index (χ0) is 24.0. The van der Waals surface area contributed by atoms with Gasteiger partial charge in [0, 0.05) is 24.1 Å². The van der Waals surface area contributed by atoms with Gasteiger partial charge in [-0.1, -0.05) is 72.8 Å². The van der Waals surface area contributed by atoms with Gasteiger partial charge in [-0.15, -0.1) is 0 Å². The minimum absolute atomic E-state index is 0.130. The fourth-order valence-electron chi connectivity index (χ4n) is 4.32. The summed E-state index contributed by atoms with van der Waals surface area (Å²) in [5.41, 5.74) is 5.28. The van der Waals surface area contributed by atoms with Crippen molar-refractivity contribution in [3.8, 4) is 0 Å². The van der Waals surface area contributed by atoms with Gasteiger partial charge in [0.2, 0.25) is 11.8 Å². The van der Waals surface area contributed by atoms with Crippen LogP contribution in [-0.4, -0.2) is 30.9 Å². The number of carbonyl (C=O) groups is 2. The molecule has 1 aliphatic carbocycles. The quantitative estimate of drug-likeness (QED) is 0.427. The van der Waals surface area contributed by atoms with E-state index in [1.165, 1.54) is 5.56 Å². The van der Waals surface area contributed by atoms with Gasteiger partial charge >= 0.3 is 0 Å². The second kappa shape index (κ2) is 10.7. The van der Waals surface area contributed by atoms with E-state index in [1.807, 2.05) is 68.4 Å². The maximum atomic E-state index is 13.2. The number of anilines is 1. The Hall–Kier alpha value is -3.44. The van der Waals surface area contributed by atoms with Crippen molar-refractivity contribution < 1.29 is 9.59 Å². The summed E-state index contributed by atoms with van der Waals surface area (Å²) in [5.74, 6) is -0.394. The van der Waals surface area contributed by atoms with Crippen molar-refractivity contribution in [1.29, 1.82) is 0 Å². The minimum atomic E-state index is -0.666. The highest BCUT2D eigenvalue weighted by Gasteiger charge is 2.43. The Bertz CT molecular complexity index is 1120. The summed E-state index contributed by atoms with van der Waals surface area (Å²) in [6.07, 6.45) is 2.68. The van der Waals surface area contributed by atoms with Gasteiger partial charge in [-0.25, -0.2) is 0 Å². The molecule has 3 aromatic rings. The summed E-state index contributed by atoms with van der Waals surface area (Å²) in [5, 5.41) is 9.28. The first kappa shape index (κ1) is 23.7. The van der Waals surface area contributed by atoms with E-state index >= 15 is 0 Å². The molecule has 0 unspecified atom stereocenters. The van der Waals surface area contributed by atoms with Crippen LogP contribution < -0.4 is 16.0 Å². The highest BCUT2D eigenvalue weighted by atomic mass is 16.2. The van der Waals surface area contributed by atoms with Crippen LogP contribution >= 0.6 is 0 Å². The van der Waals surface area contributed by atoms with Gasteiger partial charge in [-0.3, -0.25) is 9.59 Å². The molecule has 0 radical (unpaired) electrons. The number of nitrogens with one attached hydrogen (secondary N) is 3. The largest absolute Gasteiger partial charge is 0.343 e. The van der Waals surface area contributed by atoms with Crippen molar-refractivity contribution in [2.45, 2.75) is 44.6 Å².